The van der Waals surface area contributed by atoms with Crippen LogP contribution in [0.15, 0.2) is 48.5 Å². The minimum Gasteiger partial charge on any atom is -0.392 e. The van der Waals surface area contributed by atoms with Crippen LogP contribution < -0.4 is 5.19 Å². The molecule has 0 amide bonds. The van der Waals surface area contributed by atoms with Crippen LogP contribution in [-0.2, 0) is 6.61 Å². The van der Waals surface area contributed by atoms with E-state index in [0.717, 1.165) is 11.1 Å². The Morgan fingerprint density at radius 3 is 2.35 bits per heavy atom. The van der Waals surface area contributed by atoms with Crippen molar-refractivity contribution in [1.29, 1.82) is 0 Å². The highest BCUT2D eigenvalue weighted by Gasteiger charge is 2.27. The summed E-state index contributed by atoms with van der Waals surface area (Å²) in [7, 11) is -1.41. The van der Waals surface area contributed by atoms with Crippen LogP contribution in [-0.4, -0.2) is 13.2 Å². The minimum atomic E-state index is -1.41. The van der Waals surface area contributed by atoms with Gasteiger partial charge < -0.3 is 5.11 Å². The number of rotatable bonds is 4. The van der Waals surface area contributed by atoms with Crippen LogP contribution in [0.3, 0.4) is 0 Å². The van der Waals surface area contributed by atoms with Gasteiger partial charge in [-0.2, -0.15) is 0 Å². The summed E-state index contributed by atoms with van der Waals surface area (Å²) in [6.07, 6.45) is 0. The van der Waals surface area contributed by atoms with Crippen molar-refractivity contribution in [2.24, 2.45) is 0 Å². The molecule has 0 aliphatic rings. The first-order chi connectivity index (χ1) is 9.46. The van der Waals surface area contributed by atoms with Crippen LogP contribution in [0.2, 0.25) is 18.6 Å². The van der Waals surface area contributed by atoms with Gasteiger partial charge in [-0.15, -0.1) is 0 Å². The number of aliphatic hydroxyl groups excluding tert-OH is 1. The Morgan fingerprint density at radius 2 is 1.70 bits per heavy atom. The van der Waals surface area contributed by atoms with Gasteiger partial charge in [-0.3, -0.25) is 0 Å². The maximum Gasteiger partial charge on any atom is 0.0831 e. The molecule has 0 aliphatic carbocycles. The quantitative estimate of drug-likeness (QED) is 0.835. The van der Waals surface area contributed by atoms with E-state index in [-0.39, 0.29) is 6.61 Å². The maximum atomic E-state index is 9.51. The highest BCUT2D eigenvalue weighted by atomic mass is 28.3. The Labute approximate surface area is 123 Å². The zero-order valence-electron chi connectivity index (χ0n) is 12.9. The molecule has 2 heteroatoms. The summed E-state index contributed by atoms with van der Waals surface area (Å²) >= 11 is 0. The van der Waals surface area contributed by atoms with Crippen molar-refractivity contribution in [1.82, 2.24) is 0 Å². The largest absolute Gasteiger partial charge is 0.392 e. The molecule has 2 aromatic rings. The van der Waals surface area contributed by atoms with Gasteiger partial charge in [-0.25, -0.2) is 0 Å². The average Bonchev–Trinajstić information content (AvgIpc) is 2.47. The first-order valence-electron chi connectivity index (χ1n) is 7.26. The summed E-state index contributed by atoms with van der Waals surface area (Å²) in [5.74, 6) is 0. The topological polar surface area (TPSA) is 20.2 Å². The molecule has 0 aliphatic heterocycles. The standard InChI is InChI=1S/C18H24OSi/c1-14(2)20(3,4)17-10-7-9-15(12-17)18-11-6-5-8-16(18)13-19/h5-12,14,19H,13H2,1-4H3. The first kappa shape index (κ1) is 15.0. The summed E-state index contributed by atoms with van der Waals surface area (Å²) in [5.41, 5.74) is 4.07. The second kappa shape index (κ2) is 5.94. The van der Waals surface area contributed by atoms with E-state index in [2.05, 4.69) is 57.3 Å². The molecule has 2 aromatic carbocycles. The lowest BCUT2D eigenvalue weighted by Crippen LogP contribution is -2.44. The van der Waals surface area contributed by atoms with E-state index in [4.69, 9.17) is 0 Å². The Bertz CT molecular complexity index is 587. The highest BCUT2D eigenvalue weighted by Crippen LogP contribution is 2.26. The van der Waals surface area contributed by atoms with Crippen LogP contribution >= 0.6 is 0 Å². The molecule has 0 saturated heterocycles. The van der Waals surface area contributed by atoms with E-state index in [9.17, 15) is 5.11 Å². The third-order valence-corrected chi connectivity index (χ3v) is 9.23. The molecule has 0 spiro atoms. The monoisotopic (exact) mass is 284 g/mol. The fourth-order valence-corrected chi connectivity index (χ4v) is 4.08. The Kier molecular flexibility index (Phi) is 4.46. The molecule has 20 heavy (non-hydrogen) atoms. The van der Waals surface area contributed by atoms with Gasteiger partial charge in [0.15, 0.2) is 0 Å². The lowest BCUT2D eigenvalue weighted by molar-refractivity contribution is 0.282. The zero-order valence-corrected chi connectivity index (χ0v) is 13.9. The van der Waals surface area contributed by atoms with E-state index in [0.29, 0.717) is 5.54 Å². The molecule has 2 rings (SSSR count). The molecular formula is C18H24OSi. The molecule has 0 unspecified atom stereocenters. The van der Waals surface area contributed by atoms with Gasteiger partial charge in [0.1, 0.15) is 0 Å². The number of hydrogen-bond acceptors (Lipinski definition) is 1. The van der Waals surface area contributed by atoms with Crippen molar-refractivity contribution in [3.05, 3.63) is 54.1 Å². The molecule has 0 heterocycles. The summed E-state index contributed by atoms with van der Waals surface area (Å²) in [5, 5.41) is 11.0. The molecule has 0 atom stereocenters. The van der Waals surface area contributed by atoms with Crippen molar-refractivity contribution in [2.45, 2.75) is 39.1 Å². The van der Waals surface area contributed by atoms with E-state index < -0.39 is 8.07 Å². The minimum absolute atomic E-state index is 0.0887. The lowest BCUT2D eigenvalue weighted by Gasteiger charge is -2.28. The van der Waals surface area contributed by atoms with Gasteiger partial charge in [0.05, 0.1) is 14.7 Å². The Morgan fingerprint density at radius 1 is 1.00 bits per heavy atom. The normalized spacial score (nSPS) is 11.9. The van der Waals surface area contributed by atoms with Gasteiger partial charge in [0.2, 0.25) is 0 Å². The molecule has 0 fully saturated rings. The Balaban J connectivity index is 2.50. The second-order valence-electron chi connectivity index (χ2n) is 6.27. The van der Waals surface area contributed by atoms with E-state index in [1.165, 1.54) is 10.8 Å². The summed E-state index contributed by atoms with van der Waals surface area (Å²) in [4.78, 5) is 0. The molecule has 1 N–H and O–H groups in total. The van der Waals surface area contributed by atoms with Crippen LogP contribution in [0, 0.1) is 0 Å². The van der Waals surface area contributed by atoms with Crippen LogP contribution in [0.1, 0.15) is 19.4 Å². The maximum absolute atomic E-state index is 9.51. The van der Waals surface area contributed by atoms with Crippen molar-refractivity contribution in [3.8, 4) is 11.1 Å². The summed E-state index contributed by atoms with van der Waals surface area (Å²) in [6, 6.07) is 17.0. The third kappa shape index (κ3) is 2.86. The molecule has 0 bridgehead atoms. The summed E-state index contributed by atoms with van der Waals surface area (Å²) in [6.45, 7) is 9.58. The summed E-state index contributed by atoms with van der Waals surface area (Å²) < 4.78 is 0. The predicted molar refractivity (Wildman–Crippen MR) is 90.0 cm³/mol. The van der Waals surface area contributed by atoms with Crippen molar-refractivity contribution in [3.63, 3.8) is 0 Å². The molecule has 0 radical (unpaired) electrons. The van der Waals surface area contributed by atoms with E-state index in [1.54, 1.807) is 0 Å². The molecular weight excluding hydrogens is 260 g/mol. The predicted octanol–water partition coefficient (Wildman–Crippen LogP) is 4.17. The second-order valence-corrected chi connectivity index (χ2v) is 11.4. The van der Waals surface area contributed by atoms with Crippen LogP contribution in [0.5, 0.6) is 0 Å². The molecule has 106 valence electrons. The fourth-order valence-electron chi connectivity index (χ4n) is 2.36. The molecule has 0 aromatic heterocycles. The molecule has 1 nitrogen and oxygen atoms in total. The first-order valence-corrected chi connectivity index (χ1v) is 10.3. The Hall–Kier alpha value is -1.38. The van der Waals surface area contributed by atoms with Gasteiger partial charge in [0.25, 0.3) is 0 Å². The zero-order chi connectivity index (χ0) is 14.8. The van der Waals surface area contributed by atoms with Gasteiger partial charge in [-0.1, -0.05) is 80.7 Å². The number of aliphatic hydroxyl groups is 1. The van der Waals surface area contributed by atoms with E-state index >= 15 is 0 Å². The van der Waals surface area contributed by atoms with E-state index in [1.807, 2.05) is 18.2 Å². The van der Waals surface area contributed by atoms with Crippen LogP contribution in [0.4, 0.5) is 0 Å². The van der Waals surface area contributed by atoms with Gasteiger partial charge >= 0.3 is 0 Å². The van der Waals surface area contributed by atoms with Gasteiger partial charge in [-0.05, 0) is 22.2 Å². The number of hydrogen-bond donors (Lipinski definition) is 1. The molecule has 0 saturated carbocycles. The van der Waals surface area contributed by atoms with Crippen LogP contribution in [0.25, 0.3) is 11.1 Å². The number of benzene rings is 2. The lowest BCUT2D eigenvalue weighted by atomic mass is 10.0. The fraction of sp³-hybridized carbons (Fsp3) is 0.333. The van der Waals surface area contributed by atoms with Crippen molar-refractivity contribution >= 4 is 13.3 Å². The SMILES string of the molecule is CC(C)[Si](C)(C)c1cccc(-c2ccccc2CO)c1. The van der Waals surface area contributed by atoms with Crippen molar-refractivity contribution in [2.75, 3.05) is 0 Å². The smallest absolute Gasteiger partial charge is 0.0831 e. The van der Waals surface area contributed by atoms with Crippen molar-refractivity contribution < 1.29 is 5.11 Å². The highest BCUT2D eigenvalue weighted by molar-refractivity contribution is 6.90. The average molecular weight is 284 g/mol. The van der Waals surface area contributed by atoms with Gasteiger partial charge in [0, 0.05) is 0 Å². The third-order valence-electron chi connectivity index (χ3n) is 4.55.